The fraction of sp³-hybridized carbons (Fsp3) is 0.500. The number of nitrogens with zero attached hydrogens (tertiary/aromatic N) is 1. The minimum absolute atomic E-state index is 0.00259. The smallest absolute Gasteiger partial charge is 0.303 e. The standard InChI is InChI=1S/C16H21NO3/c1-11-8-12-6-4-5-7-13(12)17(11)14(18)9-16(2,3)10-15(19)20/h4-7,11H,8-10H2,1-3H3,(H,19,20)/t11-/m0/s1. The number of carbonyl (C=O) groups is 2. The van der Waals surface area contributed by atoms with Gasteiger partial charge >= 0.3 is 5.97 Å². The highest BCUT2D eigenvalue weighted by atomic mass is 16.4. The monoisotopic (exact) mass is 275 g/mol. The van der Waals surface area contributed by atoms with E-state index in [2.05, 4.69) is 0 Å². The van der Waals surface area contributed by atoms with Gasteiger partial charge in [-0.3, -0.25) is 9.59 Å². The first-order valence-electron chi connectivity index (χ1n) is 6.92. The summed E-state index contributed by atoms with van der Waals surface area (Å²) in [5.41, 5.74) is 1.63. The summed E-state index contributed by atoms with van der Waals surface area (Å²) in [7, 11) is 0. The van der Waals surface area contributed by atoms with E-state index in [4.69, 9.17) is 5.11 Å². The molecule has 1 heterocycles. The average Bonchev–Trinajstić information content (AvgIpc) is 2.61. The Balaban J connectivity index is 2.16. The predicted octanol–water partition coefficient (Wildman–Crippen LogP) is 2.86. The molecule has 0 saturated carbocycles. The summed E-state index contributed by atoms with van der Waals surface area (Å²) in [5, 5.41) is 8.91. The summed E-state index contributed by atoms with van der Waals surface area (Å²) >= 11 is 0. The quantitative estimate of drug-likeness (QED) is 0.919. The third-order valence-corrected chi connectivity index (χ3v) is 3.74. The van der Waals surface area contributed by atoms with Gasteiger partial charge < -0.3 is 10.0 Å². The zero-order valence-corrected chi connectivity index (χ0v) is 12.2. The predicted molar refractivity (Wildman–Crippen MR) is 77.7 cm³/mol. The van der Waals surface area contributed by atoms with E-state index in [0.29, 0.717) is 0 Å². The van der Waals surface area contributed by atoms with Gasteiger partial charge in [0.1, 0.15) is 0 Å². The van der Waals surface area contributed by atoms with Gasteiger partial charge in [0.05, 0.1) is 6.42 Å². The summed E-state index contributed by atoms with van der Waals surface area (Å²) in [5.74, 6) is -0.855. The van der Waals surface area contributed by atoms with Crippen molar-refractivity contribution in [2.24, 2.45) is 5.41 Å². The van der Waals surface area contributed by atoms with E-state index in [0.717, 1.165) is 12.1 Å². The van der Waals surface area contributed by atoms with Crippen LogP contribution in [0.2, 0.25) is 0 Å². The fourth-order valence-electron chi connectivity index (χ4n) is 2.91. The lowest BCUT2D eigenvalue weighted by molar-refractivity contribution is -0.139. The maximum Gasteiger partial charge on any atom is 0.303 e. The summed E-state index contributed by atoms with van der Waals surface area (Å²) < 4.78 is 0. The lowest BCUT2D eigenvalue weighted by Crippen LogP contribution is -2.38. The molecule has 0 fully saturated rings. The fourth-order valence-corrected chi connectivity index (χ4v) is 2.91. The van der Waals surface area contributed by atoms with Gasteiger partial charge in [-0.2, -0.15) is 0 Å². The Kier molecular flexibility index (Phi) is 3.84. The molecule has 1 atom stereocenters. The molecule has 0 saturated heterocycles. The molecule has 1 aliphatic heterocycles. The van der Waals surface area contributed by atoms with Gasteiger partial charge in [0.2, 0.25) is 5.91 Å². The van der Waals surface area contributed by atoms with Gasteiger partial charge in [0, 0.05) is 18.2 Å². The van der Waals surface area contributed by atoms with Crippen LogP contribution in [-0.2, 0) is 16.0 Å². The van der Waals surface area contributed by atoms with Crippen molar-refractivity contribution in [1.82, 2.24) is 0 Å². The molecule has 0 bridgehead atoms. The van der Waals surface area contributed by atoms with Crippen molar-refractivity contribution in [1.29, 1.82) is 0 Å². The molecule has 0 spiro atoms. The van der Waals surface area contributed by atoms with Crippen molar-refractivity contribution in [3.63, 3.8) is 0 Å². The van der Waals surface area contributed by atoms with Crippen LogP contribution in [0, 0.1) is 5.41 Å². The highest BCUT2D eigenvalue weighted by Gasteiger charge is 2.34. The molecule has 0 radical (unpaired) electrons. The number of carbonyl (C=O) groups excluding carboxylic acids is 1. The Labute approximate surface area is 119 Å². The zero-order chi connectivity index (χ0) is 14.9. The van der Waals surface area contributed by atoms with Gasteiger partial charge in [0.25, 0.3) is 0 Å². The van der Waals surface area contributed by atoms with Crippen LogP contribution < -0.4 is 4.90 Å². The molecule has 4 heteroatoms. The molecular weight excluding hydrogens is 254 g/mol. The number of anilines is 1. The second-order valence-corrected chi connectivity index (χ2v) is 6.36. The van der Waals surface area contributed by atoms with Crippen molar-refractivity contribution in [2.45, 2.75) is 46.1 Å². The number of fused-ring (bicyclic) bond motifs is 1. The summed E-state index contributed by atoms with van der Waals surface area (Å²) in [4.78, 5) is 25.2. The Morgan fingerprint density at radius 1 is 1.30 bits per heavy atom. The number of hydrogen-bond acceptors (Lipinski definition) is 2. The van der Waals surface area contributed by atoms with Crippen LogP contribution in [0.5, 0.6) is 0 Å². The molecule has 1 N–H and O–H groups in total. The van der Waals surface area contributed by atoms with Gasteiger partial charge in [-0.1, -0.05) is 32.0 Å². The maximum absolute atomic E-state index is 12.5. The van der Waals surface area contributed by atoms with Crippen molar-refractivity contribution in [3.8, 4) is 0 Å². The Morgan fingerprint density at radius 3 is 2.60 bits per heavy atom. The average molecular weight is 275 g/mol. The lowest BCUT2D eigenvalue weighted by Gasteiger charge is -2.28. The second kappa shape index (κ2) is 5.27. The van der Waals surface area contributed by atoms with Crippen LogP contribution >= 0.6 is 0 Å². The molecule has 0 unspecified atom stereocenters. The van der Waals surface area contributed by atoms with Crippen molar-refractivity contribution in [3.05, 3.63) is 29.8 Å². The van der Waals surface area contributed by atoms with Crippen LogP contribution in [0.15, 0.2) is 24.3 Å². The van der Waals surface area contributed by atoms with E-state index >= 15 is 0 Å². The summed E-state index contributed by atoms with van der Waals surface area (Å²) in [6.45, 7) is 5.68. The maximum atomic E-state index is 12.5. The van der Waals surface area contributed by atoms with E-state index in [1.54, 1.807) is 0 Å². The molecule has 0 aliphatic carbocycles. The number of hydrogen-bond donors (Lipinski definition) is 1. The topological polar surface area (TPSA) is 57.6 Å². The van der Waals surface area contributed by atoms with E-state index in [1.807, 2.05) is 49.9 Å². The lowest BCUT2D eigenvalue weighted by atomic mass is 9.85. The third-order valence-electron chi connectivity index (χ3n) is 3.74. The van der Waals surface area contributed by atoms with Crippen LogP contribution in [-0.4, -0.2) is 23.0 Å². The van der Waals surface area contributed by atoms with Crippen molar-refractivity contribution in [2.75, 3.05) is 4.90 Å². The molecule has 4 nitrogen and oxygen atoms in total. The Hall–Kier alpha value is -1.84. The normalized spacial score (nSPS) is 17.9. The van der Waals surface area contributed by atoms with Crippen LogP contribution in [0.3, 0.4) is 0 Å². The molecule has 0 aromatic heterocycles. The number of carboxylic acids is 1. The van der Waals surface area contributed by atoms with E-state index in [1.165, 1.54) is 5.56 Å². The molecule has 20 heavy (non-hydrogen) atoms. The first-order valence-corrected chi connectivity index (χ1v) is 6.92. The second-order valence-electron chi connectivity index (χ2n) is 6.36. The number of para-hydroxylation sites is 1. The summed E-state index contributed by atoms with van der Waals surface area (Å²) in [6.07, 6.45) is 1.11. The number of benzene rings is 1. The molecule has 1 aromatic carbocycles. The third kappa shape index (κ3) is 3.00. The number of carboxylic acid groups (broad SMARTS) is 1. The van der Waals surface area contributed by atoms with E-state index in [9.17, 15) is 9.59 Å². The van der Waals surface area contributed by atoms with Gasteiger partial charge in [-0.15, -0.1) is 0 Å². The van der Waals surface area contributed by atoms with Crippen LogP contribution in [0.1, 0.15) is 39.2 Å². The summed E-state index contributed by atoms with van der Waals surface area (Å²) in [6, 6.07) is 8.05. The number of amides is 1. The van der Waals surface area contributed by atoms with Crippen molar-refractivity contribution < 1.29 is 14.7 Å². The van der Waals surface area contributed by atoms with Gasteiger partial charge in [0.15, 0.2) is 0 Å². The molecule has 2 rings (SSSR count). The minimum atomic E-state index is -0.863. The van der Waals surface area contributed by atoms with Crippen LogP contribution in [0.4, 0.5) is 5.69 Å². The highest BCUT2D eigenvalue weighted by Crippen LogP contribution is 2.35. The minimum Gasteiger partial charge on any atom is -0.481 e. The first kappa shape index (κ1) is 14.6. The molecule has 1 aliphatic rings. The molecule has 1 amide bonds. The molecule has 108 valence electrons. The Bertz CT molecular complexity index is 536. The highest BCUT2D eigenvalue weighted by molar-refractivity contribution is 5.96. The van der Waals surface area contributed by atoms with Crippen LogP contribution in [0.25, 0.3) is 0 Å². The first-order chi connectivity index (χ1) is 9.30. The Morgan fingerprint density at radius 2 is 1.95 bits per heavy atom. The number of aliphatic carboxylic acids is 1. The molecular formula is C16H21NO3. The number of rotatable bonds is 4. The zero-order valence-electron chi connectivity index (χ0n) is 12.2. The largest absolute Gasteiger partial charge is 0.481 e. The molecule has 1 aromatic rings. The SMILES string of the molecule is C[C@H]1Cc2ccccc2N1C(=O)CC(C)(C)CC(=O)O. The van der Waals surface area contributed by atoms with Gasteiger partial charge in [-0.05, 0) is 30.4 Å². The van der Waals surface area contributed by atoms with E-state index in [-0.39, 0.29) is 24.8 Å². The van der Waals surface area contributed by atoms with Crippen molar-refractivity contribution >= 4 is 17.6 Å². The van der Waals surface area contributed by atoms with Gasteiger partial charge in [-0.25, -0.2) is 0 Å². The van der Waals surface area contributed by atoms with E-state index < -0.39 is 11.4 Å².